The largest absolute Gasteiger partial charge is 0.491 e. The minimum atomic E-state index is -0.993. The van der Waals surface area contributed by atoms with E-state index >= 15 is 0 Å². The average Bonchev–Trinajstić information content (AvgIpc) is 2.42. The molecule has 0 aliphatic carbocycles. The van der Waals surface area contributed by atoms with Crippen molar-refractivity contribution in [3.8, 4) is 5.75 Å². The summed E-state index contributed by atoms with van der Waals surface area (Å²) in [6.45, 7) is 0.738. The van der Waals surface area contributed by atoms with Crippen LogP contribution in [0.15, 0.2) is 51.9 Å². The van der Waals surface area contributed by atoms with Crippen LogP contribution in [-0.2, 0) is 6.54 Å². The number of nitrogens with zero attached hydrogens (tertiary/aromatic N) is 1. The first-order chi connectivity index (χ1) is 9.58. The van der Waals surface area contributed by atoms with Gasteiger partial charge in [-0.05, 0) is 40.2 Å². The van der Waals surface area contributed by atoms with Crippen molar-refractivity contribution in [2.75, 3.05) is 6.61 Å². The Bertz CT molecular complexity index is 681. The zero-order valence-electron chi connectivity index (χ0n) is 10.5. The highest BCUT2D eigenvalue weighted by molar-refractivity contribution is 9.10. The molecule has 0 unspecified atom stereocenters. The first-order valence-corrected chi connectivity index (χ1v) is 6.68. The van der Waals surface area contributed by atoms with Gasteiger partial charge in [0.05, 0.1) is 16.6 Å². The second kappa shape index (κ2) is 6.38. The molecule has 0 radical (unpaired) electrons. The van der Waals surface area contributed by atoms with E-state index in [1.165, 1.54) is 18.2 Å². The molecule has 0 saturated heterocycles. The SMILES string of the molecule is O=C(O)c1ccc(OCCn2ccccc2=O)c(Br)c1. The molecule has 2 rings (SSSR count). The lowest BCUT2D eigenvalue weighted by molar-refractivity contribution is 0.0697. The summed E-state index contributed by atoms with van der Waals surface area (Å²) in [5.41, 5.74) is 0.0971. The lowest BCUT2D eigenvalue weighted by Crippen LogP contribution is -2.21. The summed E-state index contributed by atoms with van der Waals surface area (Å²) in [6.07, 6.45) is 1.69. The third-order valence-corrected chi connectivity index (χ3v) is 3.29. The number of rotatable bonds is 5. The van der Waals surface area contributed by atoms with Crippen molar-refractivity contribution in [1.82, 2.24) is 4.57 Å². The molecule has 1 aromatic carbocycles. The average molecular weight is 338 g/mol. The molecule has 0 atom stereocenters. The monoisotopic (exact) mass is 337 g/mol. The maximum Gasteiger partial charge on any atom is 0.335 e. The van der Waals surface area contributed by atoms with Crippen LogP contribution in [0.3, 0.4) is 0 Å². The van der Waals surface area contributed by atoms with Gasteiger partial charge in [-0.15, -0.1) is 0 Å². The normalized spacial score (nSPS) is 10.2. The summed E-state index contributed by atoms with van der Waals surface area (Å²) >= 11 is 3.26. The number of ether oxygens (including phenoxy) is 1. The van der Waals surface area contributed by atoms with Crippen LogP contribution in [0, 0.1) is 0 Å². The molecule has 0 amide bonds. The molecule has 1 heterocycles. The molecule has 5 nitrogen and oxygen atoms in total. The number of benzene rings is 1. The van der Waals surface area contributed by atoms with E-state index < -0.39 is 5.97 Å². The molecule has 6 heteroatoms. The van der Waals surface area contributed by atoms with Crippen LogP contribution in [0.1, 0.15) is 10.4 Å². The van der Waals surface area contributed by atoms with Crippen molar-refractivity contribution in [2.24, 2.45) is 0 Å². The third-order valence-electron chi connectivity index (χ3n) is 2.67. The third kappa shape index (κ3) is 3.48. The Hall–Kier alpha value is -2.08. The van der Waals surface area contributed by atoms with E-state index in [1.54, 1.807) is 29.0 Å². The van der Waals surface area contributed by atoms with Gasteiger partial charge in [0.2, 0.25) is 0 Å². The number of hydrogen-bond acceptors (Lipinski definition) is 3. The van der Waals surface area contributed by atoms with Crippen molar-refractivity contribution in [1.29, 1.82) is 0 Å². The number of carboxylic acids is 1. The number of aromatic carboxylic acids is 1. The molecule has 0 fully saturated rings. The number of halogens is 1. The Balaban J connectivity index is 2.00. The molecule has 0 bridgehead atoms. The minimum absolute atomic E-state index is 0.0867. The predicted octanol–water partition coefficient (Wildman–Crippen LogP) is 2.39. The second-order valence-electron chi connectivity index (χ2n) is 4.03. The van der Waals surface area contributed by atoms with Gasteiger partial charge in [0, 0.05) is 12.3 Å². The second-order valence-corrected chi connectivity index (χ2v) is 4.89. The summed E-state index contributed by atoms with van der Waals surface area (Å²) in [5.74, 6) is -0.452. The van der Waals surface area contributed by atoms with Crippen molar-refractivity contribution < 1.29 is 14.6 Å². The highest BCUT2D eigenvalue weighted by Crippen LogP contribution is 2.26. The van der Waals surface area contributed by atoms with Crippen LogP contribution in [0.4, 0.5) is 0 Å². The van der Waals surface area contributed by atoms with Gasteiger partial charge >= 0.3 is 5.97 Å². The zero-order chi connectivity index (χ0) is 14.5. The van der Waals surface area contributed by atoms with E-state index in [2.05, 4.69) is 15.9 Å². The van der Waals surface area contributed by atoms with Crippen LogP contribution in [0.25, 0.3) is 0 Å². The zero-order valence-corrected chi connectivity index (χ0v) is 12.0. The topological polar surface area (TPSA) is 68.5 Å². The summed E-state index contributed by atoms with van der Waals surface area (Å²) < 4.78 is 7.64. The lowest BCUT2D eigenvalue weighted by Gasteiger charge is -2.10. The molecule has 0 saturated carbocycles. The van der Waals surface area contributed by atoms with Crippen LogP contribution in [0.5, 0.6) is 5.75 Å². The maximum atomic E-state index is 11.5. The van der Waals surface area contributed by atoms with Gasteiger partial charge in [0.1, 0.15) is 12.4 Å². The van der Waals surface area contributed by atoms with E-state index in [9.17, 15) is 9.59 Å². The van der Waals surface area contributed by atoms with Gasteiger partial charge in [-0.25, -0.2) is 4.79 Å². The van der Waals surface area contributed by atoms with Crippen molar-refractivity contribution in [3.63, 3.8) is 0 Å². The first-order valence-electron chi connectivity index (χ1n) is 5.89. The van der Waals surface area contributed by atoms with E-state index in [-0.39, 0.29) is 11.1 Å². The quantitative estimate of drug-likeness (QED) is 0.909. The van der Waals surface area contributed by atoms with E-state index in [4.69, 9.17) is 9.84 Å². The summed E-state index contributed by atoms with van der Waals surface area (Å²) in [4.78, 5) is 22.3. The fourth-order valence-electron chi connectivity index (χ4n) is 1.65. The van der Waals surface area contributed by atoms with Gasteiger partial charge in [-0.1, -0.05) is 6.07 Å². The molecule has 0 aliphatic rings. The molecular formula is C14H12BrNO4. The number of carboxylic acid groups (broad SMARTS) is 1. The number of pyridine rings is 1. The Labute approximate surface area is 123 Å². The molecule has 0 spiro atoms. The Morgan fingerprint density at radius 1 is 1.30 bits per heavy atom. The van der Waals surface area contributed by atoms with Crippen LogP contribution in [0.2, 0.25) is 0 Å². The predicted molar refractivity (Wildman–Crippen MR) is 77.3 cm³/mol. The standard InChI is InChI=1S/C14H12BrNO4/c15-11-9-10(14(18)19)4-5-12(11)20-8-7-16-6-2-1-3-13(16)17/h1-6,9H,7-8H2,(H,18,19). The number of aromatic nitrogens is 1. The molecule has 2 aromatic rings. The summed E-state index contributed by atoms with van der Waals surface area (Å²) in [6, 6.07) is 9.47. The van der Waals surface area contributed by atoms with Crippen molar-refractivity contribution >= 4 is 21.9 Å². The Morgan fingerprint density at radius 3 is 2.75 bits per heavy atom. The summed E-state index contributed by atoms with van der Waals surface area (Å²) in [5, 5.41) is 8.86. The summed E-state index contributed by atoms with van der Waals surface area (Å²) in [7, 11) is 0. The van der Waals surface area contributed by atoms with Gasteiger partial charge in [0.25, 0.3) is 5.56 Å². The molecule has 1 aromatic heterocycles. The van der Waals surface area contributed by atoms with E-state index in [1.807, 2.05) is 0 Å². The smallest absolute Gasteiger partial charge is 0.335 e. The van der Waals surface area contributed by atoms with Crippen molar-refractivity contribution in [3.05, 3.63) is 63.0 Å². The molecular weight excluding hydrogens is 326 g/mol. The Morgan fingerprint density at radius 2 is 2.10 bits per heavy atom. The van der Waals surface area contributed by atoms with E-state index in [0.717, 1.165) is 0 Å². The fraction of sp³-hybridized carbons (Fsp3) is 0.143. The number of carbonyl (C=O) groups is 1. The number of hydrogen-bond donors (Lipinski definition) is 1. The highest BCUT2D eigenvalue weighted by atomic mass is 79.9. The van der Waals surface area contributed by atoms with E-state index in [0.29, 0.717) is 23.4 Å². The molecule has 20 heavy (non-hydrogen) atoms. The van der Waals surface area contributed by atoms with Gasteiger partial charge in [-0.3, -0.25) is 4.79 Å². The Kier molecular flexibility index (Phi) is 4.57. The maximum absolute atomic E-state index is 11.5. The first kappa shape index (κ1) is 14.3. The lowest BCUT2D eigenvalue weighted by atomic mass is 10.2. The van der Waals surface area contributed by atoms with Gasteiger partial charge in [-0.2, -0.15) is 0 Å². The molecule has 104 valence electrons. The van der Waals surface area contributed by atoms with Gasteiger partial charge in [0.15, 0.2) is 0 Å². The van der Waals surface area contributed by atoms with Crippen molar-refractivity contribution in [2.45, 2.75) is 6.54 Å². The van der Waals surface area contributed by atoms with Crippen LogP contribution < -0.4 is 10.3 Å². The molecule has 1 N–H and O–H groups in total. The van der Waals surface area contributed by atoms with Gasteiger partial charge < -0.3 is 14.4 Å². The minimum Gasteiger partial charge on any atom is -0.491 e. The highest BCUT2D eigenvalue weighted by Gasteiger charge is 2.07. The molecule has 0 aliphatic heterocycles. The van der Waals surface area contributed by atoms with Crippen LogP contribution in [-0.4, -0.2) is 22.2 Å². The fourth-order valence-corrected chi connectivity index (χ4v) is 2.14. The van der Waals surface area contributed by atoms with Crippen LogP contribution >= 0.6 is 15.9 Å².